The summed E-state index contributed by atoms with van der Waals surface area (Å²) in [6.45, 7) is 1.59. The molecule has 1 aromatic heterocycles. The van der Waals surface area contributed by atoms with Gasteiger partial charge in [-0.1, -0.05) is 11.6 Å². The van der Waals surface area contributed by atoms with Crippen LogP contribution in [0.15, 0.2) is 30.3 Å². The van der Waals surface area contributed by atoms with E-state index >= 15 is 0 Å². The Morgan fingerprint density at radius 1 is 1.30 bits per heavy atom. The Bertz CT molecular complexity index is 673. The van der Waals surface area contributed by atoms with Crippen LogP contribution in [0.4, 0.5) is 11.4 Å². The minimum Gasteiger partial charge on any atom is -0.321 e. The number of hydrogen-bond acceptors (Lipinski definition) is 5. The van der Waals surface area contributed by atoms with E-state index in [1.54, 1.807) is 6.92 Å². The molecule has 1 N–H and O–H groups in total. The summed E-state index contributed by atoms with van der Waals surface area (Å²) < 4.78 is 0. The molecule has 0 radical (unpaired) electrons. The van der Waals surface area contributed by atoms with E-state index in [4.69, 9.17) is 11.6 Å². The summed E-state index contributed by atoms with van der Waals surface area (Å²) in [6, 6.07) is 7.18. The largest absolute Gasteiger partial charge is 0.321 e. The molecule has 1 amide bonds. The molecule has 0 aliphatic rings. The maximum atomic E-state index is 11.9. The molecule has 0 saturated carbocycles. The Morgan fingerprint density at radius 3 is 2.60 bits per heavy atom. The maximum absolute atomic E-state index is 11.9. The molecule has 8 heteroatoms. The minimum absolute atomic E-state index is 0.00529. The van der Waals surface area contributed by atoms with Crippen LogP contribution in [0.5, 0.6) is 0 Å². The number of nitrogens with one attached hydrogen (secondary N) is 1. The Hall–Kier alpha value is -2.54. The zero-order valence-corrected chi connectivity index (χ0v) is 11.1. The van der Waals surface area contributed by atoms with Crippen LogP contribution in [0.25, 0.3) is 0 Å². The molecule has 0 spiro atoms. The second-order valence-electron chi connectivity index (χ2n) is 3.95. The van der Waals surface area contributed by atoms with Crippen LogP contribution in [-0.2, 0) is 0 Å². The normalized spacial score (nSPS) is 10.1. The number of nitrogens with zero attached hydrogens (tertiary/aromatic N) is 3. The molecule has 0 unspecified atom stereocenters. The molecule has 1 heterocycles. The second kappa shape index (κ2) is 5.62. The molecule has 1 aromatic carbocycles. The molecule has 2 rings (SSSR count). The third-order valence-corrected chi connectivity index (χ3v) is 2.72. The van der Waals surface area contributed by atoms with Gasteiger partial charge in [-0.3, -0.25) is 14.9 Å². The van der Waals surface area contributed by atoms with Gasteiger partial charge >= 0.3 is 0 Å². The number of rotatable bonds is 3. The van der Waals surface area contributed by atoms with Crippen LogP contribution in [0, 0.1) is 17.0 Å². The maximum Gasteiger partial charge on any atom is 0.276 e. The fraction of sp³-hybridized carbons (Fsp3) is 0.0833. The van der Waals surface area contributed by atoms with Crippen LogP contribution >= 0.6 is 11.6 Å². The third-order valence-electron chi connectivity index (χ3n) is 2.52. The molecule has 0 aliphatic heterocycles. The number of aromatic nitrogens is 2. The van der Waals surface area contributed by atoms with Gasteiger partial charge in [0.05, 0.1) is 4.92 Å². The summed E-state index contributed by atoms with van der Waals surface area (Å²) in [4.78, 5) is 22.1. The number of anilines is 1. The van der Waals surface area contributed by atoms with Gasteiger partial charge in [0.25, 0.3) is 11.6 Å². The number of halogens is 1. The lowest BCUT2D eigenvalue weighted by Gasteiger charge is -2.05. The molecule has 0 aliphatic carbocycles. The molecular weight excluding hydrogens is 284 g/mol. The van der Waals surface area contributed by atoms with E-state index in [1.807, 2.05) is 0 Å². The molecule has 7 nitrogen and oxygen atoms in total. The highest BCUT2D eigenvalue weighted by Gasteiger charge is 2.13. The SMILES string of the molecule is Cc1cc(NC(=O)c2ccc(Cl)nn2)ccc1[N+](=O)[O-]. The molecular formula is C12H9ClN4O3. The van der Waals surface area contributed by atoms with Gasteiger partial charge in [0, 0.05) is 17.3 Å². The Morgan fingerprint density at radius 2 is 2.05 bits per heavy atom. The number of benzene rings is 1. The molecule has 0 fully saturated rings. The van der Waals surface area contributed by atoms with E-state index in [0.717, 1.165) is 0 Å². The number of nitro benzene ring substituents is 1. The summed E-state index contributed by atoms with van der Waals surface area (Å²) >= 11 is 5.58. The van der Waals surface area contributed by atoms with Crippen molar-refractivity contribution in [3.05, 3.63) is 56.9 Å². The summed E-state index contributed by atoms with van der Waals surface area (Å²) in [7, 11) is 0. The predicted octanol–water partition coefficient (Wildman–Crippen LogP) is 2.60. The zero-order valence-electron chi connectivity index (χ0n) is 10.3. The Kier molecular flexibility index (Phi) is 3.90. The summed E-state index contributed by atoms with van der Waals surface area (Å²) in [5, 5.41) is 20.7. The van der Waals surface area contributed by atoms with E-state index < -0.39 is 10.8 Å². The lowest BCUT2D eigenvalue weighted by molar-refractivity contribution is -0.385. The fourth-order valence-corrected chi connectivity index (χ4v) is 1.67. The van der Waals surface area contributed by atoms with Crippen molar-refractivity contribution >= 4 is 28.9 Å². The first kappa shape index (κ1) is 13.9. The fourth-order valence-electron chi connectivity index (χ4n) is 1.57. The summed E-state index contributed by atoms with van der Waals surface area (Å²) in [5.41, 5.74) is 0.990. The van der Waals surface area contributed by atoms with Crippen molar-refractivity contribution in [3.63, 3.8) is 0 Å². The number of aryl methyl sites for hydroxylation is 1. The molecule has 20 heavy (non-hydrogen) atoms. The molecule has 0 atom stereocenters. The van der Waals surface area contributed by atoms with Crippen LogP contribution in [0.2, 0.25) is 5.15 Å². The lowest BCUT2D eigenvalue weighted by atomic mass is 10.2. The number of carbonyl (C=O) groups excluding carboxylic acids is 1. The van der Waals surface area contributed by atoms with Gasteiger partial charge in [-0.05, 0) is 31.2 Å². The highest BCUT2D eigenvalue weighted by atomic mass is 35.5. The molecule has 102 valence electrons. The topological polar surface area (TPSA) is 98.0 Å². The average Bonchev–Trinajstić information content (AvgIpc) is 2.39. The van der Waals surface area contributed by atoms with Crippen molar-refractivity contribution < 1.29 is 9.72 Å². The van der Waals surface area contributed by atoms with E-state index in [0.29, 0.717) is 11.3 Å². The van der Waals surface area contributed by atoms with Gasteiger partial charge < -0.3 is 5.32 Å². The molecule has 0 bridgehead atoms. The zero-order chi connectivity index (χ0) is 14.7. The van der Waals surface area contributed by atoms with Crippen molar-refractivity contribution in [2.45, 2.75) is 6.92 Å². The van der Waals surface area contributed by atoms with Gasteiger partial charge in [-0.25, -0.2) is 0 Å². The van der Waals surface area contributed by atoms with Crippen LogP contribution < -0.4 is 5.32 Å². The number of amides is 1. The second-order valence-corrected chi connectivity index (χ2v) is 4.34. The molecule has 2 aromatic rings. The first-order valence-corrected chi connectivity index (χ1v) is 5.91. The lowest BCUT2D eigenvalue weighted by Crippen LogP contribution is -2.14. The van der Waals surface area contributed by atoms with Crippen molar-refractivity contribution in [1.82, 2.24) is 10.2 Å². The number of hydrogen-bond donors (Lipinski definition) is 1. The summed E-state index contributed by atoms with van der Waals surface area (Å²) in [5.74, 6) is -0.470. The number of carbonyl (C=O) groups is 1. The van der Waals surface area contributed by atoms with E-state index in [-0.39, 0.29) is 16.5 Å². The van der Waals surface area contributed by atoms with E-state index in [9.17, 15) is 14.9 Å². The highest BCUT2D eigenvalue weighted by Crippen LogP contribution is 2.21. The first-order chi connectivity index (χ1) is 9.47. The van der Waals surface area contributed by atoms with Crippen molar-refractivity contribution in [3.8, 4) is 0 Å². The van der Waals surface area contributed by atoms with Crippen molar-refractivity contribution in [2.24, 2.45) is 0 Å². The van der Waals surface area contributed by atoms with Gasteiger partial charge in [0.1, 0.15) is 0 Å². The highest BCUT2D eigenvalue weighted by molar-refractivity contribution is 6.29. The minimum atomic E-state index is -0.481. The average molecular weight is 293 g/mol. The predicted molar refractivity (Wildman–Crippen MR) is 72.8 cm³/mol. The van der Waals surface area contributed by atoms with Crippen LogP contribution in [-0.4, -0.2) is 21.0 Å². The summed E-state index contributed by atoms with van der Waals surface area (Å²) in [6.07, 6.45) is 0. The van der Waals surface area contributed by atoms with Crippen LogP contribution in [0.1, 0.15) is 16.1 Å². The smallest absolute Gasteiger partial charge is 0.276 e. The van der Waals surface area contributed by atoms with Crippen LogP contribution in [0.3, 0.4) is 0 Å². The third kappa shape index (κ3) is 3.07. The standard InChI is InChI=1S/C12H9ClN4O3/c1-7-6-8(2-4-10(7)17(19)20)14-12(18)9-3-5-11(13)16-15-9/h2-6H,1H3,(H,14,18). The Balaban J connectivity index is 2.18. The van der Waals surface area contributed by atoms with Gasteiger partial charge in [-0.2, -0.15) is 0 Å². The Labute approximate surface area is 118 Å². The van der Waals surface area contributed by atoms with E-state index in [2.05, 4.69) is 15.5 Å². The quantitative estimate of drug-likeness (QED) is 0.692. The van der Waals surface area contributed by atoms with Gasteiger partial charge in [0.15, 0.2) is 10.8 Å². The van der Waals surface area contributed by atoms with Crippen molar-refractivity contribution in [2.75, 3.05) is 5.32 Å². The van der Waals surface area contributed by atoms with Crippen molar-refractivity contribution in [1.29, 1.82) is 0 Å². The van der Waals surface area contributed by atoms with Gasteiger partial charge in [0.2, 0.25) is 0 Å². The molecule has 0 saturated heterocycles. The first-order valence-electron chi connectivity index (χ1n) is 5.53. The van der Waals surface area contributed by atoms with Gasteiger partial charge in [-0.15, -0.1) is 10.2 Å². The van der Waals surface area contributed by atoms with E-state index in [1.165, 1.54) is 30.3 Å². The monoisotopic (exact) mass is 292 g/mol. The number of nitro groups is 1.